The van der Waals surface area contributed by atoms with E-state index in [4.69, 9.17) is 4.74 Å². The van der Waals surface area contributed by atoms with Gasteiger partial charge in [-0.25, -0.2) is 9.59 Å². The molecule has 1 rings (SSSR count). The lowest BCUT2D eigenvalue weighted by Gasteiger charge is -2.38. The predicted octanol–water partition coefficient (Wildman–Crippen LogP) is 1.69. The van der Waals surface area contributed by atoms with Crippen molar-refractivity contribution in [3.63, 3.8) is 0 Å². The molecule has 0 saturated carbocycles. The first-order valence-corrected chi connectivity index (χ1v) is 7.26. The zero-order valence-corrected chi connectivity index (χ0v) is 12.8. The van der Waals surface area contributed by atoms with Gasteiger partial charge in [0.1, 0.15) is 6.04 Å². The fourth-order valence-electron chi connectivity index (χ4n) is 2.36. The molecule has 0 aromatic carbocycles. The van der Waals surface area contributed by atoms with Crippen LogP contribution in [0, 0.1) is 5.92 Å². The minimum atomic E-state index is -0.985. The highest BCUT2D eigenvalue weighted by Crippen LogP contribution is 2.15. The van der Waals surface area contributed by atoms with Gasteiger partial charge < -0.3 is 20.1 Å². The average molecular weight is 286 g/mol. The molecule has 3 atom stereocenters. The first kappa shape index (κ1) is 16.8. The predicted molar refractivity (Wildman–Crippen MR) is 75.6 cm³/mol. The number of carboxylic acid groups (broad SMARTS) is 1. The van der Waals surface area contributed by atoms with Gasteiger partial charge in [0, 0.05) is 6.54 Å². The third-order valence-corrected chi connectivity index (χ3v) is 3.50. The number of morpholine rings is 1. The van der Waals surface area contributed by atoms with Gasteiger partial charge in [-0.15, -0.1) is 0 Å². The lowest BCUT2D eigenvalue weighted by atomic mass is 10.0. The third-order valence-electron chi connectivity index (χ3n) is 3.50. The Morgan fingerprint density at radius 1 is 1.45 bits per heavy atom. The third kappa shape index (κ3) is 4.67. The molecule has 1 fully saturated rings. The molecule has 116 valence electrons. The first-order valence-electron chi connectivity index (χ1n) is 7.26. The minimum absolute atomic E-state index is 0.0136. The number of amides is 2. The molecule has 1 aliphatic rings. The topological polar surface area (TPSA) is 78.9 Å². The number of hydrogen-bond acceptors (Lipinski definition) is 3. The van der Waals surface area contributed by atoms with Crippen molar-refractivity contribution in [1.82, 2.24) is 10.2 Å². The number of carbonyl (C=O) groups excluding carboxylic acids is 1. The second-order valence-electron chi connectivity index (χ2n) is 5.83. The Morgan fingerprint density at radius 3 is 2.60 bits per heavy atom. The summed E-state index contributed by atoms with van der Waals surface area (Å²) >= 11 is 0. The van der Waals surface area contributed by atoms with E-state index in [0.717, 1.165) is 6.42 Å². The largest absolute Gasteiger partial charge is 0.480 e. The molecule has 0 aromatic heterocycles. The van der Waals surface area contributed by atoms with E-state index >= 15 is 0 Å². The quantitative estimate of drug-likeness (QED) is 0.806. The summed E-state index contributed by atoms with van der Waals surface area (Å²) in [6.07, 6.45) is 1.21. The number of carbonyl (C=O) groups is 2. The lowest BCUT2D eigenvalue weighted by molar-refractivity contribution is -0.139. The molecule has 0 bridgehead atoms. The van der Waals surface area contributed by atoms with E-state index in [9.17, 15) is 14.7 Å². The van der Waals surface area contributed by atoms with Crippen molar-refractivity contribution >= 4 is 12.0 Å². The van der Waals surface area contributed by atoms with Gasteiger partial charge in [-0.1, -0.05) is 20.8 Å². The van der Waals surface area contributed by atoms with E-state index in [-0.39, 0.29) is 24.1 Å². The molecular formula is C14H26N2O4. The number of nitrogens with one attached hydrogen (secondary N) is 1. The van der Waals surface area contributed by atoms with Crippen LogP contribution >= 0.6 is 0 Å². The van der Waals surface area contributed by atoms with Crippen LogP contribution in [0.25, 0.3) is 0 Å². The summed E-state index contributed by atoms with van der Waals surface area (Å²) in [4.78, 5) is 25.2. The normalized spacial score (nSPS) is 24.6. The highest BCUT2D eigenvalue weighted by Gasteiger charge is 2.31. The van der Waals surface area contributed by atoms with Gasteiger partial charge in [0.15, 0.2) is 0 Å². The van der Waals surface area contributed by atoms with Crippen molar-refractivity contribution in [3.8, 4) is 0 Å². The molecular weight excluding hydrogens is 260 g/mol. The van der Waals surface area contributed by atoms with Crippen molar-refractivity contribution in [2.75, 3.05) is 13.2 Å². The van der Waals surface area contributed by atoms with Crippen LogP contribution in [0.3, 0.4) is 0 Å². The second-order valence-corrected chi connectivity index (χ2v) is 5.83. The molecule has 1 heterocycles. The van der Waals surface area contributed by atoms with E-state index in [1.807, 2.05) is 27.7 Å². The highest BCUT2D eigenvalue weighted by molar-refractivity contribution is 5.82. The molecule has 0 radical (unpaired) electrons. The van der Waals surface area contributed by atoms with Gasteiger partial charge >= 0.3 is 12.0 Å². The van der Waals surface area contributed by atoms with Crippen molar-refractivity contribution in [3.05, 3.63) is 0 Å². The average Bonchev–Trinajstić information content (AvgIpc) is 2.37. The lowest BCUT2D eigenvalue weighted by Crippen LogP contribution is -2.57. The van der Waals surface area contributed by atoms with Crippen LogP contribution in [0.5, 0.6) is 0 Å². The summed E-state index contributed by atoms with van der Waals surface area (Å²) < 4.78 is 5.54. The van der Waals surface area contributed by atoms with Gasteiger partial charge in [-0.3, -0.25) is 0 Å². The van der Waals surface area contributed by atoms with Gasteiger partial charge in [-0.05, 0) is 25.7 Å². The Kier molecular flexibility index (Phi) is 6.26. The van der Waals surface area contributed by atoms with Crippen molar-refractivity contribution in [1.29, 1.82) is 0 Å². The van der Waals surface area contributed by atoms with Crippen molar-refractivity contribution in [2.45, 2.75) is 58.7 Å². The first-order chi connectivity index (χ1) is 9.35. The Hall–Kier alpha value is -1.30. The molecule has 1 saturated heterocycles. The van der Waals surface area contributed by atoms with Crippen molar-refractivity contribution < 1.29 is 19.4 Å². The molecule has 2 N–H and O–H groups in total. The van der Waals surface area contributed by atoms with Crippen LogP contribution in [-0.2, 0) is 9.53 Å². The summed E-state index contributed by atoms with van der Waals surface area (Å²) in [5, 5.41) is 11.8. The summed E-state index contributed by atoms with van der Waals surface area (Å²) in [7, 11) is 0. The van der Waals surface area contributed by atoms with Crippen LogP contribution in [0.15, 0.2) is 0 Å². The van der Waals surface area contributed by atoms with E-state index in [1.54, 1.807) is 4.90 Å². The maximum Gasteiger partial charge on any atom is 0.326 e. The van der Waals surface area contributed by atoms with Crippen LogP contribution in [-0.4, -0.2) is 53.3 Å². The summed E-state index contributed by atoms with van der Waals surface area (Å²) in [6, 6.07) is -1.13. The smallest absolute Gasteiger partial charge is 0.326 e. The van der Waals surface area contributed by atoms with Crippen LogP contribution < -0.4 is 5.32 Å². The molecule has 2 unspecified atom stereocenters. The fourth-order valence-corrected chi connectivity index (χ4v) is 2.36. The zero-order valence-electron chi connectivity index (χ0n) is 12.8. The number of rotatable bonds is 5. The number of aliphatic carboxylic acids is 1. The Morgan fingerprint density at radius 2 is 2.10 bits per heavy atom. The second kappa shape index (κ2) is 7.47. The number of nitrogens with zero attached hydrogens (tertiary/aromatic N) is 1. The highest BCUT2D eigenvalue weighted by atomic mass is 16.5. The number of ether oxygens (including phenoxy) is 1. The van der Waals surface area contributed by atoms with E-state index < -0.39 is 12.0 Å². The number of carboxylic acids is 1. The Balaban J connectivity index is 2.68. The van der Waals surface area contributed by atoms with E-state index in [2.05, 4.69) is 5.32 Å². The van der Waals surface area contributed by atoms with Gasteiger partial charge in [-0.2, -0.15) is 0 Å². The van der Waals surface area contributed by atoms with Gasteiger partial charge in [0.25, 0.3) is 0 Å². The molecule has 6 nitrogen and oxygen atoms in total. The summed E-state index contributed by atoms with van der Waals surface area (Å²) in [6.45, 7) is 8.79. The van der Waals surface area contributed by atoms with Crippen molar-refractivity contribution in [2.24, 2.45) is 5.92 Å². The molecule has 0 aromatic rings. The number of hydrogen-bond donors (Lipinski definition) is 2. The fraction of sp³-hybridized carbons (Fsp3) is 0.857. The molecule has 20 heavy (non-hydrogen) atoms. The molecule has 0 aliphatic carbocycles. The zero-order chi connectivity index (χ0) is 15.3. The SMILES string of the molecule is CCC1COC(C)CN1C(=O)N[C@H](CC(C)C)C(=O)O. The minimum Gasteiger partial charge on any atom is -0.480 e. The van der Waals surface area contributed by atoms with E-state index in [0.29, 0.717) is 19.6 Å². The van der Waals surface area contributed by atoms with Crippen LogP contribution in [0.1, 0.15) is 40.5 Å². The molecule has 1 aliphatic heterocycles. The molecule has 6 heteroatoms. The molecule has 0 spiro atoms. The summed E-state index contributed by atoms with van der Waals surface area (Å²) in [5.41, 5.74) is 0. The number of urea groups is 1. The van der Waals surface area contributed by atoms with Gasteiger partial charge in [0.05, 0.1) is 18.8 Å². The van der Waals surface area contributed by atoms with Gasteiger partial charge in [0.2, 0.25) is 0 Å². The Bertz CT molecular complexity index is 346. The Labute approximate surface area is 120 Å². The van der Waals surface area contributed by atoms with Crippen LogP contribution in [0.4, 0.5) is 4.79 Å². The van der Waals surface area contributed by atoms with Crippen LogP contribution in [0.2, 0.25) is 0 Å². The monoisotopic (exact) mass is 286 g/mol. The van der Waals surface area contributed by atoms with E-state index in [1.165, 1.54) is 0 Å². The summed E-state index contributed by atoms with van der Waals surface area (Å²) in [5.74, 6) is -0.775. The maximum absolute atomic E-state index is 12.3. The maximum atomic E-state index is 12.3. The molecule has 2 amide bonds. The standard InChI is InChI=1S/C14H26N2O4/c1-5-11-8-20-10(4)7-16(11)14(19)15-12(13(17)18)6-9(2)3/h9-12H,5-8H2,1-4H3,(H,15,19)(H,17,18)/t10?,11?,12-/m1/s1.